The van der Waals surface area contributed by atoms with Crippen LogP contribution in [0, 0.1) is 0 Å². The zero-order valence-electron chi connectivity index (χ0n) is 11.5. The van der Waals surface area contributed by atoms with Crippen LogP contribution in [0.15, 0.2) is 4.52 Å². The van der Waals surface area contributed by atoms with Gasteiger partial charge in [-0.15, -0.1) is 0 Å². The fourth-order valence-electron chi connectivity index (χ4n) is 2.30. The first-order valence-electron chi connectivity index (χ1n) is 6.91. The largest absolute Gasteiger partial charge is 0.367 e. The fraction of sp³-hybridized carbons (Fsp3) is 0.846. The highest BCUT2D eigenvalue weighted by atomic mass is 16.5. The second-order valence-corrected chi connectivity index (χ2v) is 4.98. The first-order valence-corrected chi connectivity index (χ1v) is 6.91. The molecule has 1 saturated heterocycles. The second kappa shape index (κ2) is 5.80. The van der Waals surface area contributed by atoms with Gasteiger partial charge in [0.2, 0.25) is 11.7 Å². The minimum absolute atomic E-state index is 0.211. The average molecular weight is 253 g/mol. The van der Waals surface area contributed by atoms with Crippen molar-refractivity contribution >= 4 is 0 Å². The molecule has 1 aliphatic heterocycles. The van der Waals surface area contributed by atoms with E-state index in [9.17, 15) is 0 Å². The van der Waals surface area contributed by atoms with E-state index >= 15 is 0 Å². The van der Waals surface area contributed by atoms with Gasteiger partial charge in [-0.25, -0.2) is 0 Å². The lowest BCUT2D eigenvalue weighted by Crippen LogP contribution is -2.28. The standard InChI is InChI=1S/C13H23N3O2/c1-4-13(3,17-5-2)12-15-11(18-16-12)10-8-6-7-9-14-10/h10,14H,4-9H2,1-3H3/t10-,13?/m0/s1. The lowest BCUT2D eigenvalue weighted by molar-refractivity contribution is -0.0403. The molecule has 2 heterocycles. The molecule has 1 N–H and O–H groups in total. The molecule has 2 rings (SSSR count). The van der Waals surface area contributed by atoms with Crippen LogP contribution in [0.2, 0.25) is 0 Å². The molecule has 0 bridgehead atoms. The molecular weight excluding hydrogens is 230 g/mol. The smallest absolute Gasteiger partial charge is 0.243 e. The van der Waals surface area contributed by atoms with Gasteiger partial charge in [0, 0.05) is 6.61 Å². The maximum atomic E-state index is 5.76. The van der Waals surface area contributed by atoms with Crippen LogP contribution in [0.1, 0.15) is 64.2 Å². The number of nitrogens with one attached hydrogen (secondary N) is 1. The third kappa shape index (κ3) is 2.72. The van der Waals surface area contributed by atoms with Crippen molar-refractivity contribution in [1.29, 1.82) is 0 Å². The van der Waals surface area contributed by atoms with Crippen molar-refractivity contribution in [1.82, 2.24) is 15.5 Å². The summed E-state index contributed by atoms with van der Waals surface area (Å²) in [6.07, 6.45) is 4.34. The van der Waals surface area contributed by atoms with Crippen molar-refractivity contribution in [3.63, 3.8) is 0 Å². The Labute approximate surface area is 108 Å². The van der Waals surface area contributed by atoms with E-state index in [0.717, 1.165) is 19.4 Å². The molecule has 0 aromatic carbocycles. The van der Waals surface area contributed by atoms with E-state index in [1.165, 1.54) is 12.8 Å². The summed E-state index contributed by atoms with van der Waals surface area (Å²) in [5, 5.41) is 7.51. The molecule has 0 amide bonds. The normalized spacial score (nSPS) is 23.8. The zero-order chi connectivity index (χ0) is 13.0. The van der Waals surface area contributed by atoms with E-state index in [-0.39, 0.29) is 6.04 Å². The van der Waals surface area contributed by atoms with Crippen LogP contribution in [-0.2, 0) is 10.3 Å². The highest BCUT2D eigenvalue weighted by molar-refractivity contribution is 5.02. The number of hydrogen-bond acceptors (Lipinski definition) is 5. The first kappa shape index (κ1) is 13.5. The van der Waals surface area contributed by atoms with E-state index < -0.39 is 5.60 Å². The highest BCUT2D eigenvalue weighted by Crippen LogP contribution is 2.29. The number of nitrogens with zero attached hydrogens (tertiary/aromatic N) is 2. The van der Waals surface area contributed by atoms with Crippen LogP contribution in [0.3, 0.4) is 0 Å². The Balaban J connectivity index is 2.13. The number of hydrogen-bond donors (Lipinski definition) is 1. The molecule has 1 aromatic heterocycles. The second-order valence-electron chi connectivity index (χ2n) is 4.98. The average Bonchev–Trinajstić information content (AvgIpc) is 2.90. The molecule has 1 fully saturated rings. The zero-order valence-corrected chi connectivity index (χ0v) is 11.5. The van der Waals surface area contributed by atoms with Crippen molar-refractivity contribution in [2.45, 2.75) is 58.1 Å². The molecule has 2 atom stereocenters. The summed E-state index contributed by atoms with van der Waals surface area (Å²) < 4.78 is 11.2. The Morgan fingerprint density at radius 3 is 2.89 bits per heavy atom. The molecule has 0 aliphatic carbocycles. The van der Waals surface area contributed by atoms with Gasteiger partial charge in [0.15, 0.2) is 0 Å². The third-order valence-electron chi connectivity index (χ3n) is 3.66. The molecule has 0 spiro atoms. The van der Waals surface area contributed by atoms with Crippen molar-refractivity contribution in [2.24, 2.45) is 0 Å². The molecule has 1 unspecified atom stereocenters. The summed E-state index contributed by atoms with van der Waals surface area (Å²) in [4.78, 5) is 4.53. The molecule has 5 nitrogen and oxygen atoms in total. The van der Waals surface area contributed by atoms with Gasteiger partial charge in [0.1, 0.15) is 5.60 Å². The maximum Gasteiger partial charge on any atom is 0.243 e. The summed E-state index contributed by atoms with van der Waals surface area (Å²) in [5.74, 6) is 1.36. The van der Waals surface area contributed by atoms with Gasteiger partial charge < -0.3 is 14.6 Å². The lowest BCUT2D eigenvalue weighted by atomic mass is 10.0. The van der Waals surface area contributed by atoms with E-state index in [0.29, 0.717) is 18.3 Å². The Morgan fingerprint density at radius 1 is 1.44 bits per heavy atom. The molecular formula is C13H23N3O2. The Hall–Kier alpha value is -0.940. The minimum atomic E-state index is -0.439. The Kier molecular flexibility index (Phi) is 4.35. The third-order valence-corrected chi connectivity index (χ3v) is 3.66. The number of piperidine rings is 1. The van der Waals surface area contributed by atoms with Gasteiger partial charge in [0.05, 0.1) is 6.04 Å². The molecule has 0 saturated carbocycles. The molecule has 1 aliphatic rings. The summed E-state index contributed by atoms with van der Waals surface area (Å²) in [6.45, 7) is 7.75. The highest BCUT2D eigenvalue weighted by Gasteiger charge is 2.32. The van der Waals surface area contributed by atoms with Crippen molar-refractivity contribution in [3.05, 3.63) is 11.7 Å². The maximum absolute atomic E-state index is 5.76. The first-order chi connectivity index (χ1) is 8.69. The van der Waals surface area contributed by atoms with Gasteiger partial charge >= 0.3 is 0 Å². The Morgan fingerprint density at radius 2 is 2.28 bits per heavy atom. The molecule has 102 valence electrons. The van der Waals surface area contributed by atoms with E-state index in [1.54, 1.807) is 0 Å². The monoisotopic (exact) mass is 253 g/mol. The van der Waals surface area contributed by atoms with Gasteiger partial charge in [-0.2, -0.15) is 4.98 Å². The van der Waals surface area contributed by atoms with Crippen LogP contribution < -0.4 is 5.32 Å². The Bertz CT molecular complexity index is 374. The predicted octanol–water partition coefficient (Wildman–Crippen LogP) is 2.55. The molecule has 5 heteroatoms. The van der Waals surface area contributed by atoms with Crippen molar-refractivity contribution in [3.8, 4) is 0 Å². The van der Waals surface area contributed by atoms with Crippen molar-refractivity contribution in [2.75, 3.05) is 13.2 Å². The topological polar surface area (TPSA) is 60.2 Å². The minimum Gasteiger partial charge on any atom is -0.367 e. The summed E-state index contributed by atoms with van der Waals surface area (Å²) in [6, 6.07) is 0.211. The van der Waals surface area contributed by atoms with Gasteiger partial charge in [0.25, 0.3) is 0 Å². The van der Waals surface area contributed by atoms with Gasteiger partial charge in [-0.05, 0) is 39.7 Å². The summed E-state index contributed by atoms with van der Waals surface area (Å²) in [7, 11) is 0. The van der Waals surface area contributed by atoms with Crippen LogP contribution in [0.5, 0.6) is 0 Å². The van der Waals surface area contributed by atoms with Crippen LogP contribution >= 0.6 is 0 Å². The summed E-state index contributed by atoms with van der Waals surface area (Å²) >= 11 is 0. The van der Waals surface area contributed by atoms with E-state index in [2.05, 4.69) is 22.4 Å². The van der Waals surface area contributed by atoms with E-state index in [1.807, 2.05) is 13.8 Å². The number of ether oxygens (including phenoxy) is 1. The molecule has 0 radical (unpaired) electrons. The fourth-order valence-corrected chi connectivity index (χ4v) is 2.30. The van der Waals surface area contributed by atoms with Crippen LogP contribution in [-0.4, -0.2) is 23.3 Å². The quantitative estimate of drug-likeness (QED) is 0.873. The summed E-state index contributed by atoms with van der Waals surface area (Å²) in [5.41, 5.74) is -0.439. The predicted molar refractivity (Wildman–Crippen MR) is 68.2 cm³/mol. The number of rotatable bonds is 5. The van der Waals surface area contributed by atoms with Crippen LogP contribution in [0.25, 0.3) is 0 Å². The lowest BCUT2D eigenvalue weighted by Gasteiger charge is -2.24. The van der Waals surface area contributed by atoms with Crippen molar-refractivity contribution < 1.29 is 9.26 Å². The van der Waals surface area contributed by atoms with Crippen LogP contribution in [0.4, 0.5) is 0 Å². The molecule has 18 heavy (non-hydrogen) atoms. The molecule has 1 aromatic rings. The van der Waals surface area contributed by atoms with Gasteiger partial charge in [-0.1, -0.05) is 18.5 Å². The SMILES string of the molecule is CCOC(C)(CC)c1noc([C@@H]2CCCCN2)n1. The van der Waals surface area contributed by atoms with E-state index in [4.69, 9.17) is 9.26 Å². The number of aromatic nitrogens is 2. The van der Waals surface area contributed by atoms with Gasteiger partial charge in [-0.3, -0.25) is 0 Å².